The Morgan fingerprint density at radius 3 is 2.82 bits per heavy atom. The molecule has 4 heteroatoms. The largest absolute Gasteiger partial charge is 0.501 e. The van der Waals surface area contributed by atoms with Crippen LogP contribution in [0, 0.1) is 17.8 Å². The summed E-state index contributed by atoms with van der Waals surface area (Å²) in [5.41, 5.74) is 1.35. The standard InChI is InChI=1S/C18H28O4/c1-6-7-17(22-11-18(19)20)13(3)16-10-12(2)8-9-15(16)14(4)21-5/h7,10,13,15-16H,4,6,8-9,11H2,1-3,5H3,(H,19,20)/b17-7+/t13-,15-,16?/m0/s1. The van der Waals surface area contributed by atoms with E-state index in [0.29, 0.717) is 0 Å². The van der Waals surface area contributed by atoms with Crippen LogP contribution in [0.5, 0.6) is 0 Å². The molecule has 0 saturated heterocycles. The smallest absolute Gasteiger partial charge is 0.341 e. The van der Waals surface area contributed by atoms with Crippen molar-refractivity contribution in [3.63, 3.8) is 0 Å². The van der Waals surface area contributed by atoms with E-state index in [0.717, 1.165) is 30.8 Å². The Labute approximate surface area is 133 Å². The molecule has 0 fully saturated rings. The quantitative estimate of drug-likeness (QED) is 0.540. The summed E-state index contributed by atoms with van der Waals surface area (Å²) in [6.07, 6.45) is 7.08. The van der Waals surface area contributed by atoms with E-state index >= 15 is 0 Å². The number of allylic oxidation sites excluding steroid dienone is 5. The van der Waals surface area contributed by atoms with E-state index in [9.17, 15) is 4.79 Å². The Hall–Kier alpha value is -1.71. The number of hydrogen-bond donors (Lipinski definition) is 1. The second-order valence-corrected chi connectivity index (χ2v) is 5.89. The molecule has 1 unspecified atom stereocenters. The zero-order chi connectivity index (χ0) is 16.7. The van der Waals surface area contributed by atoms with Gasteiger partial charge in [-0.25, -0.2) is 4.79 Å². The monoisotopic (exact) mass is 308 g/mol. The van der Waals surface area contributed by atoms with Gasteiger partial charge in [-0.1, -0.05) is 32.1 Å². The molecule has 0 saturated carbocycles. The van der Waals surface area contributed by atoms with Crippen molar-refractivity contribution in [1.82, 2.24) is 0 Å². The van der Waals surface area contributed by atoms with Crippen LogP contribution in [0.3, 0.4) is 0 Å². The van der Waals surface area contributed by atoms with Gasteiger partial charge in [-0.05, 0) is 38.2 Å². The van der Waals surface area contributed by atoms with Crippen molar-refractivity contribution in [2.75, 3.05) is 13.7 Å². The molecule has 124 valence electrons. The molecule has 0 heterocycles. The third kappa shape index (κ3) is 4.93. The van der Waals surface area contributed by atoms with Gasteiger partial charge in [-0.15, -0.1) is 0 Å². The molecule has 1 aliphatic carbocycles. The van der Waals surface area contributed by atoms with E-state index in [2.05, 4.69) is 26.5 Å². The first-order chi connectivity index (χ1) is 10.4. The third-order valence-corrected chi connectivity index (χ3v) is 4.26. The molecule has 0 aromatic carbocycles. The van der Waals surface area contributed by atoms with Gasteiger partial charge in [0.1, 0.15) is 0 Å². The first-order valence-electron chi connectivity index (χ1n) is 7.85. The van der Waals surface area contributed by atoms with Crippen LogP contribution in [0.25, 0.3) is 0 Å². The van der Waals surface area contributed by atoms with Crippen molar-refractivity contribution in [2.45, 2.75) is 40.0 Å². The highest BCUT2D eigenvalue weighted by atomic mass is 16.5. The van der Waals surface area contributed by atoms with Crippen LogP contribution in [-0.2, 0) is 14.3 Å². The minimum Gasteiger partial charge on any atom is -0.501 e. The molecule has 1 aliphatic rings. The van der Waals surface area contributed by atoms with Crippen molar-refractivity contribution in [2.24, 2.45) is 17.8 Å². The van der Waals surface area contributed by atoms with Crippen LogP contribution in [0.4, 0.5) is 0 Å². The highest BCUT2D eigenvalue weighted by molar-refractivity contribution is 5.68. The van der Waals surface area contributed by atoms with Crippen molar-refractivity contribution in [3.8, 4) is 0 Å². The zero-order valence-electron chi connectivity index (χ0n) is 14.1. The molecule has 0 aliphatic heterocycles. The number of carboxylic acids is 1. The van der Waals surface area contributed by atoms with Crippen molar-refractivity contribution < 1.29 is 19.4 Å². The van der Waals surface area contributed by atoms with Crippen molar-refractivity contribution in [3.05, 3.63) is 35.8 Å². The van der Waals surface area contributed by atoms with Gasteiger partial charge in [0.05, 0.1) is 18.6 Å². The second-order valence-electron chi connectivity index (χ2n) is 5.89. The molecule has 22 heavy (non-hydrogen) atoms. The van der Waals surface area contributed by atoms with Gasteiger partial charge >= 0.3 is 5.97 Å². The van der Waals surface area contributed by atoms with E-state index in [1.807, 2.05) is 13.0 Å². The predicted octanol–water partition coefficient (Wildman–Crippen LogP) is 4.15. The number of carboxylic acid groups (broad SMARTS) is 1. The Morgan fingerprint density at radius 1 is 1.59 bits per heavy atom. The number of hydrogen-bond acceptors (Lipinski definition) is 3. The zero-order valence-corrected chi connectivity index (χ0v) is 14.1. The molecule has 0 aromatic rings. The highest BCUT2D eigenvalue weighted by Gasteiger charge is 2.33. The SMILES string of the molecule is C=C(OC)[C@@H]1CCC(C)=CC1[C@H](C)/C(=C\CC)OCC(=O)O. The summed E-state index contributed by atoms with van der Waals surface area (Å²) in [5.74, 6) is 1.11. The summed E-state index contributed by atoms with van der Waals surface area (Å²) in [6, 6.07) is 0. The molecule has 1 N–H and O–H groups in total. The Kier molecular flexibility index (Phi) is 7.22. The fraction of sp³-hybridized carbons (Fsp3) is 0.611. The molecule has 0 amide bonds. The maximum absolute atomic E-state index is 10.8. The van der Waals surface area contributed by atoms with Gasteiger partial charge in [0.25, 0.3) is 0 Å². The second kappa shape index (κ2) is 8.66. The van der Waals surface area contributed by atoms with Gasteiger partial charge in [0.15, 0.2) is 6.61 Å². The molecule has 0 aromatic heterocycles. The fourth-order valence-corrected chi connectivity index (χ4v) is 3.04. The lowest BCUT2D eigenvalue weighted by atomic mass is 9.73. The van der Waals surface area contributed by atoms with E-state index in [-0.39, 0.29) is 24.4 Å². The fourth-order valence-electron chi connectivity index (χ4n) is 3.04. The Morgan fingerprint density at radius 2 is 2.27 bits per heavy atom. The van der Waals surface area contributed by atoms with E-state index < -0.39 is 5.97 Å². The van der Waals surface area contributed by atoms with Crippen molar-refractivity contribution in [1.29, 1.82) is 0 Å². The molecule has 0 spiro atoms. The molecular weight excluding hydrogens is 280 g/mol. The lowest BCUT2D eigenvalue weighted by molar-refractivity contribution is -0.141. The van der Waals surface area contributed by atoms with Crippen molar-refractivity contribution >= 4 is 5.97 Å². The number of ether oxygens (including phenoxy) is 2. The van der Waals surface area contributed by atoms with Crippen LogP contribution in [0.15, 0.2) is 35.8 Å². The number of carbonyl (C=O) groups is 1. The summed E-state index contributed by atoms with van der Waals surface area (Å²) < 4.78 is 10.9. The topological polar surface area (TPSA) is 55.8 Å². The molecule has 0 radical (unpaired) electrons. The van der Waals surface area contributed by atoms with E-state index in [4.69, 9.17) is 14.6 Å². The molecule has 0 bridgehead atoms. The van der Waals surface area contributed by atoms with Crippen LogP contribution in [0.2, 0.25) is 0 Å². The normalized spacial score (nSPS) is 23.5. The number of methoxy groups -OCH3 is 1. The van der Waals surface area contributed by atoms with E-state index in [1.165, 1.54) is 5.57 Å². The summed E-state index contributed by atoms with van der Waals surface area (Å²) in [6.45, 7) is 9.96. The summed E-state index contributed by atoms with van der Waals surface area (Å²) in [5, 5.41) is 8.84. The minimum atomic E-state index is -0.956. The maximum atomic E-state index is 10.8. The Balaban J connectivity index is 2.98. The van der Waals surface area contributed by atoms with Crippen LogP contribution in [-0.4, -0.2) is 24.8 Å². The van der Waals surface area contributed by atoms with Crippen LogP contribution in [0.1, 0.15) is 40.0 Å². The molecule has 4 nitrogen and oxygen atoms in total. The van der Waals surface area contributed by atoms with Gasteiger partial charge < -0.3 is 14.6 Å². The van der Waals surface area contributed by atoms with Gasteiger partial charge in [-0.3, -0.25) is 0 Å². The first kappa shape index (κ1) is 18.3. The molecular formula is C18H28O4. The van der Waals surface area contributed by atoms with Gasteiger partial charge in [0, 0.05) is 11.8 Å². The lowest BCUT2D eigenvalue weighted by Gasteiger charge is -2.35. The van der Waals surface area contributed by atoms with E-state index in [1.54, 1.807) is 7.11 Å². The minimum absolute atomic E-state index is 0.0893. The first-order valence-corrected chi connectivity index (χ1v) is 7.85. The summed E-state index contributed by atoms with van der Waals surface area (Å²) >= 11 is 0. The molecule has 1 rings (SSSR count). The number of aliphatic carboxylic acids is 1. The maximum Gasteiger partial charge on any atom is 0.341 e. The average Bonchev–Trinajstić information content (AvgIpc) is 2.49. The lowest BCUT2D eigenvalue weighted by Crippen LogP contribution is -2.28. The summed E-state index contributed by atoms with van der Waals surface area (Å²) in [7, 11) is 1.65. The highest BCUT2D eigenvalue weighted by Crippen LogP contribution is 2.40. The Bertz CT molecular complexity index is 462. The van der Waals surface area contributed by atoms with Gasteiger partial charge in [0.2, 0.25) is 0 Å². The average molecular weight is 308 g/mol. The van der Waals surface area contributed by atoms with Gasteiger partial charge in [-0.2, -0.15) is 0 Å². The molecule has 3 atom stereocenters. The van der Waals surface area contributed by atoms with Crippen LogP contribution < -0.4 is 0 Å². The predicted molar refractivity (Wildman–Crippen MR) is 87.2 cm³/mol. The summed E-state index contributed by atoms with van der Waals surface area (Å²) in [4.78, 5) is 10.8. The number of rotatable bonds is 8. The third-order valence-electron chi connectivity index (χ3n) is 4.26. The van der Waals surface area contributed by atoms with Crippen LogP contribution >= 0.6 is 0 Å².